The largest absolute Gasteiger partial charge is 0.487 e. The molecule has 2 aromatic carbocycles. The van der Waals surface area contributed by atoms with E-state index in [0.29, 0.717) is 36.4 Å². The number of esters is 1. The second-order valence-electron chi connectivity index (χ2n) is 6.34. The number of rotatable bonds is 5. The molecule has 4 rings (SSSR count). The summed E-state index contributed by atoms with van der Waals surface area (Å²) in [4.78, 5) is 30.7. The molecule has 0 fully saturated rings. The van der Waals surface area contributed by atoms with Crippen LogP contribution in [-0.2, 0) is 17.8 Å². The van der Waals surface area contributed by atoms with Crippen molar-refractivity contribution in [3.05, 3.63) is 75.7 Å². The van der Waals surface area contributed by atoms with Gasteiger partial charge in [-0.3, -0.25) is 4.79 Å². The normalized spacial score (nSPS) is 12.5. The Morgan fingerprint density at radius 1 is 1.18 bits per heavy atom. The van der Waals surface area contributed by atoms with E-state index in [0.717, 1.165) is 16.9 Å². The summed E-state index contributed by atoms with van der Waals surface area (Å²) in [5.41, 5.74) is 5.46. The van der Waals surface area contributed by atoms with Crippen molar-refractivity contribution in [1.29, 1.82) is 0 Å². The van der Waals surface area contributed by atoms with Crippen LogP contribution in [0.25, 0.3) is 0 Å². The van der Waals surface area contributed by atoms with Crippen LogP contribution < -0.4 is 9.64 Å². The Kier molecular flexibility index (Phi) is 5.08. The molecule has 3 aromatic rings. The van der Waals surface area contributed by atoms with Crippen LogP contribution in [0.5, 0.6) is 5.75 Å². The fraction of sp³-hybridized carbons (Fsp3) is 0.190. The van der Waals surface area contributed by atoms with E-state index in [1.54, 1.807) is 46.8 Å². The molecule has 1 aliphatic heterocycles. The van der Waals surface area contributed by atoms with Gasteiger partial charge in [-0.25, -0.2) is 9.78 Å². The quantitative estimate of drug-likeness (QED) is 0.617. The van der Waals surface area contributed by atoms with Crippen molar-refractivity contribution in [3.8, 4) is 5.75 Å². The van der Waals surface area contributed by atoms with Crippen molar-refractivity contribution >= 4 is 28.9 Å². The van der Waals surface area contributed by atoms with Gasteiger partial charge < -0.3 is 14.4 Å². The van der Waals surface area contributed by atoms with Gasteiger partial charge in [-0.05, 0) is 48.4 Å². The number of methoxy groups -OCH3 is 1. The van der Waals surface area contributed by atoms with Crippen molar-refractivity contribution in [2.24, 2.45) is 0 Å². The number of ether oxygens (including phenoxy) is 2. The number of hydrogen-bond donors (Lipinski definition) is 0. The number of anilines is 1. The molecule has 0 unspecified atom stereocenters. The van der Waals surface area contributed by atoms with Crippen LogP contribution in [-0.4, -0.2) is 30.5 Å². The highest BCUT2D eigenvalue weighted by Crippen LogP contribution is 2.31. The number of benzene rings is 2. The Balaban J connectivity index is 1.51. The fourth-order valence-corrected chi connectivity index (χ4v) is 3.74. The zero-order chi connectivity index (χ0) is 19.5. The first-order chi connectivity index (χ1) is 13.7. The summed E-state index contributed by atoms with van der Waals surface area (Å²) in [6.45, 7) is 0.937. The monoisotopic (exact) mass is 394 g/mol. The van der Waals surface area contributed by atoms with E-state index in [2.05, 4.69) is 4.98 Å². The summed E-state index contributed by atoms with van der Waals surface area (Å²) in [7, 11) is 1.36. The van der Waals surface area contributed by atoms with Crippen molar-refractivity contribution in [2.75, 3.05) is 18.6 Å². The molecule has 7 heteroatoms. The van der Waals surface area contributed by atoms with Crippen molar-refractivity contribution < 1.29 is 19.1 Å². The summed E-state index contributed by atoms with van der Waals surface area (Å²) in [6, 6.07) is 12.4. The number of amides is 1. The number of fused-ring (bicyclic) bond motifs is 1. The van der Waals surface area contributed by atoms with Gasteiger partial charge >= 0.3 is 5.97 Å². The number of thiazole rings is 1. The minimum absolute atomic E-state index is 0.0938. The standard InChI is InChI=1S/C21H18N2O4S/c1-26-21(25)16-5-6-19-14(9-16)7-8-23(19)20(24)15-3-2-4-18(10-15)27-11-17-12-28-13-22-17/h2-6,9-10,12-13H,7-8,11H2,1H3. The molecule has 0 spiro atoms. The fourth-order valence-electron chi connectivity index (χ4n) is 3.20. The predicted octanol–water partition coefficient (Wildman–Crippen LogP) is 3.71. The first-order valence-corrected chi connectivity index (χ1v) is 9.73. The molecule has 1 aromatic heterocycles. The van der Waals surface area contributed by atoms with Crippen molar-refractivity contribution in [1.82, 2.24) is 4.98 Å². The van der Waals surface area contributed by atoms with E-state index in [-0.39, 0.29) is 11.9 Å². The van der Waals surface area contributed by atoms with Gasteiger partial charge in [0.05, 0.1) is 23.9 Å². The van der Waals surface area contributed by atoms with E-state index in [1.807, 2.05) is 11.4 Å². The van der Waals surface area contributed by atoms with E-state index in [9.17, 15) is 9.59 Å². The molecule has 0 saturated carbocycles. The lowest BCUT2D eigenvalue weighted by Gasteiger charge is -2.18. The first-order valence-electron chi connectivity index (χ1n) is 8.79. The molecular formula is C21H18N2O4S. The highest BCUT2D eigenvalue weighted by Gasteiger charge is 2.26. The lowest BCUT2D eigenvalue weighted by molar-refractivity contribution is 0.0600. The highest BCUT2D eigenvalue weighted by molar-refractivity contribution is 7.07. The average molecular weight is 394 g/mol. The van der Waals surface area contributed by atoms with Crippen molar-refractivity contribution in [2.45, 2.75) is 13.0 Å². The molecule has 0 saturated heterocycles. The minimum Gasteiger partial charge on any atom is -0.487 e. The van der Waals surface area contributed by atoms with Gasteiger partial charge in [0, 0.05) is 23.2 Å². The maximum Gasteiger partial charge on any atom is 0.337 e. The molecule has 0 atom stereocenters. The summed E-state index contributed by atoms with van der Waals surface area (Å²) in [6.07, 6.45) is 0.700. The van der Waals surface area contributed by atoms with Gasteiger partial charge in [-0.1, -0.05) is 6.07 Å². The molecule has 28 heavy (non-hydrogen) atoms. The SMILES string of the molecule is COC(=O)c1ccc2c(c1)CCN2C(=O)c1cccc(OCc2cscn2)c1. The van der Waals surface area contributed by atoms with E-state index >= 15 is 0 Å². The summed E-state index contributed by atoms with van der Waals surface area (Å²) in [5, 5.41) is 1.93. The second-order valence-corrected chi connectivity index (χ2v) is 7.06. The van der Waals surface area contributed by atoms with Gasteiger partial charge in [-0.15, -0.1) is 11.3 Å². The maximum atomic E-state index is 13.0. The van der Waals surface area contributed by atoms with Gasteiger partial charge in [0.25, 0.3) is 5.91 Å². The highest BCUT2D eigenvalue weighted by atomic mass is 32.1. The third-order valence-electron chi connectivity index (χ3n) is 4.59. The Labute approximate surface area is 166 Å². The topological polar surface area (TPSA) is 68.7 Å². The maximum absolute atomic E-state index is 13.0. The third-order valence-corrected chi connectivity index (χ3v) is 5.23. The molecule has 2 heterocycles. The van der Waals surface area contributed by atoms with Crippen LogP contribution in [0.3, 0.4) is 0 Å². The van der Waals surface area contributed by atoms with E-state index in [1.165, 1.54) is 18.4 Å². The van der Waals surface area contributed by atoms with Gasteiger partial charge in [0.2, 0.25) is 0 Å². The van der Waals surface area contributed by atoms with E-state index in [4.69, 9.17) is 9.47 Å². The van der Waals surface area contributed by atoms with Crippen LogP contribution in [0.15, 0.2) is 53.4 Å². The van der Waals surface area contributed by atoms with Crippen LogP contribution >= 0.6 is 11.3 Å². The van der Waals surface area contributed by atoms with Crippen LogP contribution in [0.4, 0.5) is 5.69 Å². The molecule has 1 aliphatic rings. The molecule has 142 valence electrons. The van der Waals surface area contributed by atoms with Crippen LogP contribution in [0.2, 0.25) is 0 Å². The minimum atomic E-state index is -0.377. The van der Waals surface area contributed by atoms with Crippen molar-refractivity contribution in [3.63, 3.8) is 0 Å². The molecular weight excluding hydrogens is 376 g/mol. The summed E-state index contributed by atoms with van der Waals surface area (Å²) < 4.78 is 10.5. The van der Waals surface area contributed by atoms with Gasteiger partial charge in [-0.2, -0.15) is 0 Å². The molecule has 0 aliphatic carbocycles. The summed E-state index contributed by atoms with van der Waals surface area (Å²) >= 11 is 1.52. The number of carbonyl (C=O) groups excluding carboxylic acids is 2. The zero-order valence-electron chi connectivity index (χ0n) is 15.3. The van der Waals surface area contributed by atoms with Crippen LogP contribution in [0.1, 0.15) is 32.0 Å². The van der Waals surface area contributed by atoms with Gasteiger partial charge in [0.15, 0.2) is 0 Å². The predicted molar refractivity (Wildman–Crippen MR) is 106 cm³/mol. The number of nitrogens with zero attached hydrogens (tertiary/aromatic N) is 2. The van der Waals surface area contributed by atoms with Gasteiger partial charge in [0.1, 0.15) is 12.4 Å². The molecule has 6 nitrogen and oxygen atoms in total. The Morgan fingerprint density at radius 2 is 2.07 bits per heavy atom. The third kappa shape index (κ3) is 3.61. The molecule has 0 bridgehead atoms. The number of carbonyl (C=O) groups is 2. The number of aromatic nitrogens is 1. The molecule has 0 radical (unpaired) electrons. The lowest BCUT2D eigenvalue weighted by Crippen LogP contribution is -2.28. The number of hydrogen-bond acceptors (Lipinski definition) is 6. The summed E-state index contributed by atoms with van der Waals surface area (Å²) in [5.74, 6) is 0.153. The second kappa shape index (κ2) is 7.82. The lowest BCUT2D eigenvalue weighted by atomic mass is 10.1. The average Bonchev–Trinajstić information content (AvgIpc) is 3.40. The first kappa shape index (κ1) is 18.2. The Morgan fingerprint density at radius 3 is 2.86 bits per heavy atom. The van der Waals surface area contributed by atoms with E-state index < -0.39 is 0 Å². The Hall–Kier alpha value is -3.19. The zero-order valence-corrected chi connectivity index (χ0v) is 16.1. The smallest absolute Gasteiger partial charge is 0.337 e. The van der Waals surface area contributed by atoms with Crippen LogP contribution in [0, 0.1) is 0 Å². The molecule has 0 N–H and O–H groups in total. The Bertz CT molecular complexity index is 1020. The molecule has 1 amide bonds.